The highest BCUT2D eigenvalue weighted by atomic mass is 16.5. The average Bonchev–Trinajstić information content (AvgIpc) is 2.73. The number of hydrogen-bond acceptors (Lipinski definition) is 3. The van der Waals surface area contributed by atoms with E-state index in [2.05, 4.69) is 0 Å². The average molecular weight is 226 g/mol. The van der Waals surface area contributed by atoms with Gasteiger partial charge in [-0.3, -0.25) is 0 Å². The molecule has 0 bridgehead atoms. The zero-order valence-electron chi connectivity index (χ0n) is 10.1. The normalized spacial score (nSPS) is 26.8. The standard InChI is InChI=1S/C13H22O3/c1-15-13(8-4-2-3-5-9-13)12(14)11-7-6-10-16-11/h7,12,14H,2-6,8-10H2,1H3. The van der Waals surface area contributed by atoms with Crippen LogP contribution >= 0.6 is 0 Å². The minimum Gasteiger partial charge on any atom is -0.495 e. The van der Waals surface area contributed by atoms with E-state index in [9.17, 15) is 5.11 Å². The van der Waals surface area contributed by atoms with Crippen LogP contribution in [0.1, 0.15) is 44.9 Å². The summed E-state index contributed by atoms with van der Waals surface area (Å²) in [7, 11) is 1.71. The molecule has 3 heteroatoms. The molecule has 0 amide bonds. The summed E-state index contributed by atoms with van der Waals surface area (Å²) in [5.41, 5.74) is -0.410. The number of ether oxygens (including phenoxy) is 2. The van der Waals surface area contributed by atoms with Crippen molar-refractivity contribution in [2.45, 2.75) is 56.7 Å². The van der Waals surface area contributed by atoms with Crippen molar-refractivity contribution in [2.75, 3.05) is 13.7 Å². The lowest BCUT2D eigenvalue weighted by Crippen LogP contribution is -2.45. The van der Waals surface area contributed by atoms with Crippen molar-refractivity contribution in [1.82, 2.24) is 0 Å². The second-order valence-corrected chi connectivity index (χ2v) is 4.83. The Morgan fingerprint density at radius 3 is 2.50 bits per heavy atom. The van der Waals surface area contributed by atoms with Crippen molar-refractivity contribution in [3.05, 3.63) is 11.8 Å². The van der Waals surface area contributed by atoms with Crippen LogP contribution in [0.5, 0.6) is 0 Å². The zero-order valence-corrected chi connectivity index (χ0v) is 10.1. The van der Waals surface area contributed by atoms with Crippen molar-refractivity contribution in [2.24, 2.45) is 0 Å². The molecule has 0 saturated heterocycles. The van der Waals surface area contributed by atoms with Gasteiger partial charge in [0, 0.05) is 13.5 Å². The number of aliphatic hydroxyl groups is 1. The second kappa shape index (κ2) is 5.19. The molecule has 1 heterocycles. The first-order valence-electron chi connectivity index (χ1n) is 6.34. The Labute approximate surface area is 97.4 Å². The minimum absolute atomic E-state index is 0.410. The molecule has 0 radical (unpaired) electrons. The maximum absolute atomic E-state index is 10.4. The van der Waals surface area contributed by atoms with E-state index in [0.717, 1.165) is 37.9 Å². The lowest BCUT2D eigenvalue weighted by atomic mass is 9.87. The van der Waals surface area contributed by atoms with Gasteiger partial charge in [-0.25, -0.2) is 0 Å². The maximum atomic E-state index is 10.4. The third-order valence-corrected chi connectivity index (χ3v) is 3.86. The molecule has 1 saturated carbocycles. The summed E-state index contributed by atoms with van der Waals surface area (Å²) in [4.78, 5) is 0. The van der Waals surface area contributed by atoms with E-state index in [1.54, 1.807) is 7.11 Å². The van der Waals surface area contributed by atoms with E-state index in [-0.39, 0.29) is 0 Å². The van der Waals surface area contributed by atoms with Crippen LogP contribution in [0, 0.1) is 0 Å². The fourth-order valence-electron chi connectivity index (χ4n) is 2.80. The summed E-state index contributed by atoms with van der Waals surface area (Å²) in [5.74, 6) is 0.726. The molecule has 3 nitrogen and oxygen atoms in total. The molecule has 1 aliphatic carbocycles. The summed E-state index contributed by atoms with van der Waals surface area (Å²) in [6.45, 7) is 0.701. The number of hydrogen-bond donors (Lipinski definition) is 1. The molecule has 2 rings (SSSR count). The van der Waals surface area contributed by atoms with Crippen LogP contribution in [0.3, 0.4) is 0 Å². The highest BCUT2D eigenvalue weighted by Gasteiger charge is 2.41. The van der Waals surface area contributed by atoms with Crippen LogP contribution in [-0.2, 0) is 9.47 Å². The Hall–Kier alpha value is -0.540. The molecule has 1 fully saturated rings. The highest BCUT2D eigenvalue weighted by Crippen LogP contribution is 2.36. The zero-order chi connectivity index (χ0) is 11.4. The molecular formula is C13H22O3. The maximum Gasteiger partial charge on any atom is 0.139 e. The predicted octanol–water partition coefficient (Wildman–Crippen LogP) is 2.39. The minimum atomic E-state index is -0.585. The van der Waals surface area contributed by atoms with Gasteiger partial charge in [-0.05, 0) is 18.9 Å². The fourth-order valence-corrected chi connectivity index (χ4v) is 2.80. The Kier molecular flexibility index (Phi) is 3.87. The third-order valence-electron chi connectivity index (χ3n) is 3.86. The lowest BCUT2D eigenvalue weighted by Gasteiger charge is -2.36. The molecule has 0 aromatic heterocycles. The van der Waals surface area contributed by atoms with Crippen molar-refractivity contribution >= 4 is 0 Å². The lowest BCUT2D eigenvalue weighted by molar-refractivity contribution is -0.111. The first kappa shape index (κ1) is 11.9. The Balaban J connectivity index is 2.11. The smallest absolute Gasteiger partial charge is 0.139 e. The fraction of sp³-hybridized carbons (Fsp3) is 0.846. The van der Waals surface area contributed by atoms with Gasteiger partial charge in [-0.1, -0.05) is 25.7 Å². The SMILES string of the molecule is COC1(C(O)C2=CCCO2)CCCCCC1. The number of methoxy groups -OCH3 is 1. The monoisotopic (exact) mass is 226 g/mol. The molecule has 0 aromatic rings. The van der Waals surface area contributed by atoms with Gasteiger partial charge in [0.05, 0.1) is 6.61 Å². The first-order valence-corrected chi connectivity index (χ1v) is 6.34. The van der Waals surface area contributed by atoms with Gasteiger partial charge < -0.3 is 14.6 Å². The number of aliphatic hydroxyl groups excluding tert-OH is 1. The van der Waals surface area contributed by atoms with E-state index in [4.69, 9.17) is 9.47 Å². The predicted molar refractivity (Wildman–Crippen MR) is 62.1 cm³/mol. The topological polar surface area (TPSA) is 38.7 Å². The van der Waals surface area contributed by atoms with Crippen LogP contribution in [0.4, 0.5) is 0 Å². The molecule has 1 atom stereocenters. The van der Waals surface area contributed by atoms with Crippen molar-refractivity contribution in [1.29, 1.82) is 0 Å². The summed E-state index contributed by atoms with van der Waals surface area (Å²) >= 11 is 0. The molecule has 1 aliphatic heterocycles. The first-order chi connectivity index (χ1) is 7.78. The van der Waals surface area contributed by atoms with E-state index in [1.807, 2.05) is 6.08 Å². The van der Waals surface area contributed by atoms with Crippen LogP contribution < -0.4 is 0 Å². The van der Waals surface area contributed by atoms with Gasteiger partial charge in [0.1, 0.15) is 17.5 Å². The molecule has 1 N–H and O–H groups in total. The van der Waals surface area contributed by atoms with Gasteiger partial charge in [0.15, 0.2) is 0 Å². The summed E-state index contributed by atoms with van der Waals surface area (Å²) < 4.78 is 11.1. The second-order valence-electron chi connectivity index (χ2n) is 4.83. The third kappa shape index (κ3) is 2.25. The molecule has 0 aromatic carbocycles. The van der Waals surface area contributed by atoms with Gasteiger partial charge in [-0.2, -0.15) is 0 Å². The largest absolute Gasteiger partial charge is 0.495 e. The summed E-state index contributed by atoms with van der Waals surface area (Å²) in [6.07, 6.45) is 8.96. The molecule has 1 unspecified atom stereocenters. The molecule has 92 valence electrons. The van der Waals surface area contributed by atoms with Gasteiger partial charge >= 0.3 is 0 Å². The van der Waals surface area contributed by atoms with Gasteiger partial charge in [0.25, 0.3) is 0 Å². The summed E-state index contributed by atoms with van der Waals surface area (Å²) in [6, 6.07) is 0. The Morgan fingerprint density at radius 1 is 1.31 bits per heavy atom. The number of rotatable bonds is 3. The van der Waals surface area contributed by atoms with E-state index >= 15 is 0 Å². The van der Waals surface area contributed by atoms with Crippen LogP contribution in [-0.4, -0.2) is 30.5 Å². The van der Waals surface area contributed by atoms with Gasteiger partial charge in [-0.15, -0.1) is 0 Å². The van der Waals surface area contributed by atoms with Crippen molar-refractivity contribution in [3.8, 4) is 0 Å². The van der Waals surface area contributed by atoms with Gasteiger partial charge in [0.2, 0.25) is 0 Å². The van der Waals surface area contributed by atoms with Crippen LogP contribution in [0.2, 0.25) is 0 Å². The Bertz CT molecular complexity index is 252. The quantitative estimate of drug-likeness (QED) is 0.751. The highest BCUT2D eigenvalue weighted by molar-refractivity contribution is 5.11. The Morgan fingerprint density at radius 2 is 2.00 bits per heavy atom. The molecule has 2 aliphatic rings. The van der Waals surface area contributed by atoms with Crippen molar-refractivity contribution < 1.29 is 14.6 Å². The van der Waals surface area contributed by atoms with E-state index in [0.29, 0.717) is 6.61 Å². The van der Waals surface area contributed by atoms with E-state index < -0.39 is 11.7 Å². The van der Waals surface area contributed by atoms with Crippen LogP contribution in [0.15, 0.2) is 11.8 Å². The van der Waals surface area contributed by atoms with E-state index in [1.165, 1.54) is 12.8 Å². The molecular weight excluding hydrogens is 204 g/mol. The molecule has 0 spiro atoms. The van der Waals surface area contributed by atoms with Crippen LogP contribution in [0.25, 0.3) is 0 Å². The summed E-state index contributed by atoms with van der Waals surface area (Å²) in [5, 5.41) is 10.4. The molecule has 16 heavy (non-hydrogen) atoms. The van der Waals surface area contributed by atoms with Crippen molar-refractivity contribution in [3.63, 3.8) is 0 Å².